The predicted molar refractivity (Wildman–Crippen MR) is 59.7 cm³/mol. The van der Waals surface area contributed by atoms with Crippen molar-refractivity contribution in [3.05, 3.63) is 12.7 Å². The minimum Gasteiger partial charge on any atom is -0.390 e. The van der Waals surface area contributed by atoms with Gasteiger partial charge in [-0.05, 0) is 19.4 Å². The van der Waals surface area contributed by atoms with Gasteiger partial charge in [0.15, 0.2) is 0 Å². The van der Waals surface area contributed by atoms with Crippen LogP contribution >= 0.6 is 0 Å². The van der Waals surface area contributed by atoms with E-state index in [2.05, 4.69) is 15.0 Å². The summed E-state index contributed by atoms with van der Waals surface area (Å²) in [5, 5.41) is 0. The molecule has 8 heteroatoms. The second kappa shape index (κ2) is 6.84. The van der Waals surface area contributed by atoms with E-state index in [-0.39, 0.29) is 12.1 Å². The van der Waals surface area contributed by atoms with E-state index < -0.39 is 12.0 Å². The van der Waals surface area contributed by atoms with Crippen LogP contribution < -0.4 is 21.9 Å². The van der Waals surface area contributed by atoms with Gasteiger partial charge in [0.05, 0.1) is 0 Å². The zero-order valence-electron chi connectivity index (χ0n) is 9.32. The molecule has 0 bridgehead atoms. The van der Waals surface area contributed by atoms with E-state index in [0.29, 0.717) is 19.4 Å². The Hall–Kier alpha value is -1.64. The highest BCUT2D eigenvalue weighted by molar-refractivity contribution is 5.77. The van der Waals surface area contributed by atoms with Crippen LogP contribution in [0.1, 0.15) is 12.8 Å². The smallest absolute Gasteiger partial charge is 0.330 e. The monoisotopic (exact) mass is 240 g/mol. The molecule has 0 aromatic carbocycles. The molecule has 0 aliphatic carbocycles. The fourth-order valence-corrected chi connectivity index (χ4v) is 1.20. The first kappa shape index (κ1) is 13.4. The molecule has 0 radical (unpaired) electrons. The number of hydrogen-bond donors (Lipinski definition) is 3. The number of rotatable bonds is 6. The van der Waals surface area contributed by atoms with Crippen molar-refractivity contribution in [1.82, 2.24) is 15.0 Å². The van der Waals surface area contributed by atoms with Crippen LogP contribution in [-0.2, 0) is 4.79 Å². The molecular formula is C9H16N6O2. The molecule has 94 valence electrons. The molecule has 6 N–H and O–H groups in total. The number of carbonyl (C=O) groups is 1. The minimum atomic E-state index is -0.812. The lowest BCUT2D eigenvalue weighted by Gasteiger charge is -2.14. The maximum atomic E-state index is 11.5. The first-order chi connectivity index (χ1) is 8.13. The van der Waals surface area contributed by atoms with Crippen LogP contribution in [0, 0.1) is 0 Å². The molecule has 1 heterocycles. The SMILES string of the molecule is NCCC(N)CC(N)C(=O)Oc1ncncn1. The lowest BCUT2D eigenvalue weighted by atomic mass is 10.1. The molecular weight excluding hydrogens is 224 g/mol. The quantitative estimate of drug-likeness (QED) is 0.492. The number of nitrogens with two attached hydrogens (primary N) is 3. The number of ether oxygens (including phenoxy) is 1. The average molecular weight is 240 g/mol. The van der Waals surface area contributed by atoms with Crippen molar-refractivity contribution in [2.45, 2.75) is 24.9 Å². The number of hydrogen-bond acceptors (Lipinski definition) is 8. The molecule has 0 aliphatic heterocycles. The Morgan fingerprint density at radius 2 is 2.00 bits per heavy atom. The zero-order valence-corrected chi connectivity index (χ0v) is 9.32. The van der Waals surface area contributed by atoms with Crippen LogP contribution in [0.2, 0.25) is 0 Å². The molecule has 17 heavy (non-hydrogen) atoms. The average Bonchev–Trinajstić information content (AvgIpc) is 2.30. The lowest BCUT2D eigenvalue weighted by Crippen LogP contribution is -2.40. The summed E-state index contributed by atoms with van der Waals surface area (Å²) in [5.74, 6) is -0.622. The summed E-state index contributed by atoms with van der Waals surface area (Å²) in [6, 6.07) is -1.11. The first-order valence-corrected chi connectivity index (χ1v) is 5.18. The highest BCUT2D eigenvalue weighted by atomic mass is 16.5. The number of esters is 1. The number of aromatic nitrogens is 3. The summed E-state index contributed by atoms with van der Waals surface area (Å²) in [6.07, 6.45) is 3.36. The molecule has 0 fully saturated rings. The Bertz CT molecular complexity index is 347. The molecule has 8 nitrogen and oxygen atoms in total. The zero-order chi connectivity index (χ0) is 12.7. The molecule has 2 unspecified atom stereocenters. The van der Waals surface area contributed by atoms with Crippen LogP contribution in [0.5, 0.6) is 6.01 Å². The maximum absolute atomic E-state index is 11.5. The van der Waals surface area contributed by atoms with Gasteiger partial charge < -0.3 is 21.9 Å². The summed E-state index contributed by atoms with van der Waals surface area (Å²) < 4.78 is 4.84. The van der Waals surface area contributed by atoms with Gasteiger partial charge in [-0.3, -0.25) is 0 Å². The Kier molecular flexibility index (Phi) is 5.40. The van der Waals surface area contributed by atoms with Crippen LogP contribution in [0.4, 0.5) is 0 Å². The third-order valence-corrected chi connectivity index (χ3v) is 2.06. The fourth-order valence-electron chi connectivity index (χ4n) is 1.20. The van der Waals surface area contributed by atoms with Crippen molar-refractivity contribution < 1.29 is 9.53 Å². The fraction of sp³-hybridized carbons (Fsp3) is 0.556. The topological polar surface area (TPSA) is 143 Å². The van der Waals surface area contributed by atoms with Crippen molar-refractivity contribution in [2.24, 2.45) is 17.2 Å². The van der Waals surface area contributed by atoms with Crippen molar-refractivity contribution in [3.8, 4) is 6.01 Å². The van der Waals surface area contributed by atoms with Crippen LogP contribution in [0.15, 0.2) is 12.7 Å². The van der Waals surface area contributed by atoms with Gasteiger partial charge in [0.1, 0.15) is 18.7 Å². The second-order valence-electron chi connectivity index (χ2n) is 3.52. The van der Waals surface area contributed by atoms with Crippen molar-refractivity contribution >= 4 is 5.97 Å². The highest BCUT2D eigenvalue weighted by Gasteiger charge is 2.19. The van der Waals surface area contributed by atoms with E-state index in [4.69, 9.17) is 21.9 Å². The van der Waals surface area contributed by atoms with E-state index in [1.54, 1.807) is 0 Å². The van der Waals surface area contributed by atoms with Gasteiger partial charge in [-0.25, -0.2) is 9.78 Å². The van der Waals surface area contributed by atoms with Gasteiger partial charge in [0.25, 0.3) is 0 Å². The van der Waals surface area contributed by atoms with E-state index in [9.17, 15) is 4.79 Å². The summed E-state index contributed by atoms with van der Waals surface area (Å²) >= 11 is 0. The minimum absolute atomic E-state index is 0.0761. The van der Waals surface area contributed by atoms with E-state index >= 15 is 0 Å². The first-order valence-electron chi connectivity index (χ1n) is 5.18. The molecule has 1 aromatic heterocycles. The van der Waals surface area contributed by atoms with E-state index in [1.165, 1.54) is 12.7 Å². The third kappa shape index (κ3) is 4.81. The molecule has 1 aromatic rings. The van der Waals surface area contributed by atoms with Crippen LogP contribution in [0.25, 0.3) is 0 Å². The lowest BCUT2D eigenvalue weighted by molar-refractivity contribution is -0.136. The normalized spacial score (nSPS) is 14.1. The molecule has 0 saturated carbocycles. The van der Waals surface area contributed by atoms with Gasteiger partial charge in [0.2, 0.25) is 0 Å². The molecule has 1 rings (SSSR count). The molecule has 0 saturated heterocycles. The van der Waals surface area contributed by atoms with Crippen molar-refractivity contribution in [3.63, 3.8) is 0 Å². The van der Waals surface area contributed by atoms with Crippen LogP contribution in [-0.4, -0.2) is 39.5 Å². The Morgan fingerprint density at radius 1 is 1.35 bits per heavy atom. The predicted octanol–water partition coefficient (Wildman–Crippen LogP) is -1.83. The van der Waals surface area contributed by atoms with Crippen molar-refractivity contribution in [1.29, 1.82) is 0 Å². The van der Waals surface area contributed by atoms with Gasteiger partial charge in [-0.15, -0.1) is 0 Å². The van der Waals surface area contributed by atoms with Gasteiger partial charge in [-0.2, -0.15) is 9.97 Å². The number of nitrogens with zero attached hydrogens (tertiary/aromatic N) is 3. The molecule has 2 atom stereocenters. The third-order valence-electron chi connectivity index (χ3n) is 2.06. The van der Waals surface area contributed by atoms with Gasteiger partial charge in [-0.1, -0.05) is 0 Å². The van der Waals surface area contributed by atoms with E-state index in [1.807, 2.05) is 0 Å². The summed E-state index contributed by atoms with van der Waals surface area (Å²) in [5.41, 5.74) is 16.7. The molecule has 0 amide bonds. The highest BCUT2D eigenvalue weighted by Crippen LogP contribution is 2.02. The second-order valence-corrected chi connectivity index (χ2v) is 3.52. The standard InChI is InChI=1S/C9H16N6O2/c10-2-1-6(11)3-7(12)8(16)17-9-14-4-13-5-15-9/h4-7H,1-3,10-12H2. The Labute approximate surface area is 98.6 Å². The van der Waals surface area contributed by atoms with E-state index in [0.717, 1.165) is 0 Å². The number of carbonyl (C=O) groups excluding carboxylic acids is 1. The van der Waals surface area contributed by atoms with Crippen LogP contribution in [0.3, 0.4) is 0 Å². The van der Waals surface area contributed by atoms with Crippen molar-refractivity contribution in [2.75, 3.05) is 6.54 Å². The van der Waals surface area contributed by atoms with Gasteiger partial charge in [0, 0.05) is 6.04 Å². The Balaban J connectivity index is 2.42. The summed E-state index contributed by atoms with van der Waals surface area (Å²) in [4.78, 5) is 22.4. The summed E-state index contributed by atoms with van der Waals surface area (Å²) in [6.45, 7) is 0.455. The largest absolute Gasteiger partial charge is 0.390 e. The van der Waals surface area contributed by atoms with Gasteiger partial charge >= 0.3 is 12.0 Å². The molecule has 0 aliphatic rings. The maximum Gasteiger partial charge on any atom is 0.330 e. The Morgan fingerprint density at radius 3 is 2.59 bits per heavy atom. The molecule has 0 spiro atoms. The summed E-state index contributed by atoms with van der Waals surface area (Å²) in [7, 11) is 0.